The predicted molar refractivity (Wildman–Crippen MR) is 125 cm³/mol. The number of nitrogens with zero attached hydrogens (tertiary/aromatic N) is 3. The van der Waals surface area contributed by atoms with Crippen molar-refractivity contribution in [2.45, 2.75) is 33.7 Å². The van der Waals surface area contributed by atoms with Crippen LogP contribution in [0.3, 0.4) is 0 Å². The van der Waals surface area contributed by atoms with E-state index in [1.165, 1.54) is 5.56 Å². The van der Waals surface area contributed by atoms with Gasteiger partial charge in [-0.15, -0.1) is 11.8 Å². The van der Waals surface area contributed by atoms with E-state index in [9.17, 15) is 9.59 Å². The summed E-state index contributed by atoms with van der Waals surface area (Å²) >= 11 is 1.59. The number of aryl methyl sites for hydroxylation is 4. The molecule has 160 valence electrons. The van der Waals surface area contributed by atoms with Gasteiger partial charge < -0.3 is 10.2 Å². The maximum absolute atomic E-state index is 13.1. The summed E-state index contributed by atoms with van der Waals surface area (Å²) in [6.07, 6.45) is 0. The molecule has 1 aliphatic heterocycles. The van der Waals surface area contributed by atoms with E-state index in [0.29, 0.717) is 17.2 Å². The van der Waals surface area contributed by atoms with Crippen LogP contribution in [-0.4, -0.2) is 44.2 Å². The SMILES string of the molecule is Cc1cc(C)n(-c2ccc(C(=O)N3CSCC3C(=O)Nc3ccc(C)c(C)c3)cc2)n1. The molecule has 0 saturated carbocycles. The first-order chi connectivity index (χ1) is 14.8. The molecular weight excluding hydrogens is 408 g/mol. The lowest BCUT2D eigenvalue weighted by atomic mass is 10.1. The monoisotopic (exact) mass is 434 g/mol. The highest BCUT2D eigenvalue weighted by Gasteiger charge is 2.35. The summed E-state index contributed by atoms with van der Waals surface area (Å²) in [5, 5.41) is 7.45. The Bertz CT molecular complexity index is 1140. The highest BCUT2D eigenvalue weighted by atomic mass is 32.2. The van der Waals surface area contributed by atoms with Crippen LogP contribution in [0.5, 0.6) is 0 Å². The number of aromatic nitrogens is 2. The van der Waals surface area contributed by atoms with Crippen molar-refractivity contribution < 1.29 is 9.59 Å². The molecule has 0 radical (unpaired) electrons. The molecular formula is C24H26N4O2S. The van der Waals surface area contributed by atoms with Crippen molar-refractivity contribution in [2.24, 2.45) is 0 Å². The molecule has 1 N–H and O–H groups in total. The molecule has 0 bridgehead atoms. The van der Waals surface area contributed by atoms with E-state index in [1.807, 2.05) is 68.8 Å². The van der Waals surface area contributed by atoms with Crippen LogP contribution in [0.1, 0.15) is 32.9 Å². The summed E-state index contributed by atoms with van der Waals surface area (Å²) < 4.78 is 1.86. The van der Waals surface area contributed by atoms with Gasteiger partial charge in [-0.05, 0) is 81.3 Å². The number of nitrogens with one attached hydrogen (secondary N) is 1. The number of hydrogen-bond acceptors (Lipinski definition) is 4. The highest BCUT2D eigenvalue weighted by Crippen LogP contribution is 2.25. The van der Waals surface area contributed by atoms with Crippen LogP contribution >= 0.6 is 11.8 Å². The molecule has 2 aromatic carbocycles. The molecule has 2 heterocycles. The number of carbonyl (C=O) groups excluding carboxylic acids is 2. The van der Waals surface area contributed by atoms with Crippen molar-refractivity contribution in [3.8, 4) is 5.69 Å². The van der Waals surface area contributed by atoms with Gasteiger partial charge in [0.2, 0.25) is 5.91 Å². The third kappa shape index (κ3) is 4.37. The Morgan fingerprint density at radius 1 is 1.00 bits per heavy atom. The number of amides is 2. The lowest BCUT2D eigenvalue weighted by Gasteiger charge is -2.23. The molecule has 31 heavy (non-hydrogen) atoms. The van der Waals surface area contributed by atoms with Crippen molar-refractivity contribution in [2.75, 3.05) is 16.9 Å². The van der Waals surface area contributed by atoms with E-state index in [4.69, 9.17) is 0 Å². The summed E-state index contributed by atoms with van der Waals surface area (Å²) in [4.78, 5) is 27.7. The van der Waals surface area contributed by atoms with Gasteiger partial charge in [0.15, 0.2) is 0 Å². The van der Waals surface area contributed by atoms with Crippen LogP contribution in [0.4, 0.5) is 5.69 Å². The van der Waals surface area contributed by atoms with Crippen molar-refractivity contribution in [3.05, 3.63) is 76.6 Å². The van der Waals surface area contributed by atoms with E-state index < -0.39 is 6.04 Å². The fourth-order valence-corrected chi connectivity index (χ4v) is 4.86. The molecule has 1 unspecified atom stereocenters. The quantitative estimate of drug-likeness (QED) is 0.666. The van der Waals surface area contributed by atoms with Gasteiger partial charge in [0, 0.05) is 22.7 Å². The maximum atomic E-state index is 13.1. The summed E-state index contributed by atoms with van der Waals surface area (Å²) in [6, 6.07) is 14.7. The van der Waals surface area contributed by atoms with E-state index in [0.717, 1.165) is 28.3 Å². The Balaban J connectivity index is 1.49. The first-order valence-electron chi connectivity index (χ1n) is 10.2. The van der Waals surface area contributed by atoms with E-state index >= 15 is 0 Å². The fraction of sp³-hybridized carbons (Fsp3) is 0.292. The van der Waals surface area contributed by atoms with Gasteiger partial charge in [-0.3, -0.25) is 9.59 Å². The van der Waals surface area contributed by atoms with Gasteiger partial charge in [-0.1, -0.05) is 6.07 Å². The molecule has 1 fully saturated rings. The number of anilines is 1. The van der Waals surface area contributed by atoms with Crippen molar-refractivity contribution in [1.29, 1.82) is 0 Å². The second-order valence-corrected chi connectivity index (χ2v) is 8.96. The van der Waals surface area contributed by atoms with Crippen LogP contribution < -0.4 is 5.32 Å². The van der Waals surface area contributed by atoms with E-state index in [2.05, 4.69) is 10.4 Å². The van der Waals surface area contributed by atoms with Crippen molar-refractivity contribution >= 4 is 29.3 Å². The van der Waals surface area contributed by atoms with Gasteiger partial charge in [0.1, 0.15) is 6.04 Å². The zero-order chi connectivity index (χ0) is 22.1. The number of thioether (sulfide) groups is 1. The first kappa shape index (κ1) is 21.2. The maximum Gasteiger partial charge on any atom is 0.255 e. The minimum absolute atomic E-state index is 0.134. The smallest absolute Gasteiger partial charge is 0.255 e. The Morgan fingerprint density at radius 2 is 1.74 bits per heavy atom. The molecule has 4 rings (SSSR count). The highest BCUT2D eigenvalue weighted by molar-refractivity contribution is 7.99. The molecule has 3 aromatic rings. The molecule has 2 amide bonds. The Kier molecular flexibility index (Phi) is 5.87. The number of benzene rings is 2. The Morgan fingerprint density at radius 3 is 2.39 bits per heavy atom. The lowest BCUT2D eigenvalue weighted by Crippen LogP contribution is -2.44. The average Bonchev–Trinajstić information content (AvgIpc) is 3.36. The van der Waals surface area contributed by atoms with Gasteiger partial charge in [-0.2, -0.15) is 5.10 Å². The normalized spacial score (nSPS) is 15.9. The minimum Gasteiger partial charge on any atom is -0.324 e. The molecule has 0 aliphatic carbocycles. The predicted octanol–water partition coefficient (Wildman–Crippen LogP) is 4.26. The molecule has 0 spiro atoms. The molecule has 1 aromatic heterocycles. The van der Waals surface area contributed by atoms with Gasteiger partial charge in [0.25, 0.3) is 5.91 Å². The zero-order valence-corrected chi connectivity index (χ0v) is 19.0. The minimum atomic E-state index is -0.491. The Labute approximate surface area is 186 Å². The van der Waals surface area contributed by atoms with Gasteiger partial charge in [0.05, 0.1) is 17.3 Å². The molecule has 1 aliphatic rings. The van der Waals surface area contributed by atoms with Gasteiger partial charge >= 0.3 is 0 Å². The molecule has 1 atom stereocenters. The zero-order valence-electron chi connectivity index (χ0n) is 18.2. The van der Waals surface area contributed by atoms with Gasteiger partial charge in [-0.25, -0.2) is 4.68 Å². The van der Waals surface area contributed by atoms with Crippen molar-refractivity contribution in [1.82, 2.24) is 14.7 Å². The van der Waals surface area contributed by atoms with Crippen LogP contribution in [0.15, 0.2) is 48.5 Å². The van der Waals surface area contributed by atoms with Crippen LogP contribution in [0.2, 0.25) is 0 Å². The number of carbonyl (C=O) groups is 2. The topological polar surface area (TPSA) is 67.2 Å². The number of rotatable bonds is 4. The molecule has 7 heteroatoms. The van der Waals surface area contributed by atoms with Crippen LogP contribution in [0.25, 0.3) is 5.69 Å². The third-order valence-corrected chi connectivity index (χ3v) is 6.60. The summed E-state index contributed by atoms with van der Waals surface area (Å²) in [6.45, 7) is 8.01. The largest absolute Gasteiger partial charge is 0.324 e. The number of hydrogen-bond donors (Lipinski definition) is 1. The second-order valence-electron chi connectivity index (χ2n) is 7.96. The van der Waals surface area contributed by atoms with Crippen LogP contribution in [-0.2, 0) is 4.79 Å². The summed E-state index contributed by atoms with van der Waals surface area (Å²) in [5.41, 5.74) is 6.51. The average molecular weight is 435 g/mol. The summed E-state index contributed by atoms with van der Waals surface area (Å²) in [5.74, 6) is 0.806. The molecule has 1 saturated heterocycles. The Hall–Kier alpha value is -3.06. The first-order valence-corrected chi connectivity index (χ1v) is 11.4. The second kappa shape index (κ2) is 8.59. The third-order valence-electron chi connectivity index (χ3n) is 5.59. The molecule has 6 nitrogen and oxygen atoms in total. The standard InChI is InChI=1S/C24H26N4O2S/c1-15-5-8-20(11-16(15)2)25-23(29)22-13-31-14-27(22)24(30)19-6-9-21(10-7-19)28-18(4)12-17(3)26-28/h5-12,22H,13-14H2,1-4H3,(H,25,29). The van der Waals surface area contributed by atoms with E-state index in [1.54, 1.807) is 28.8 Å². The fourth-order valence-electron chi connectivity index (χ4n) is 3.71. The van der Waals surface area contributed by atoms with E-state index in [-0.39, 0.29) is 11.8 Å². The lowest BCUT2D eigenvalue weighted by molar-refractivity contribution is -0.119. The summed E-state index contributed by atoms with van der Waals surface area (Å²) in [7, 11) is 0. The van der Waals surface area contributed by atoms with Crippen LogP contribution in [0, 0.1) is 27.7 Å². The van der Waals surface area contributed by atoms with Crippen molar-refractivity contribution in [3.63, 3.8) is 0 Å².